The van der Waals surface area contributed by atoms with Gasteiger partial charge in [0.15, 0.2) is 0 Å². The fourth-order valence-electron chi connectivity index (χ4n) is 2.95. The van der Waals surface area contributed by atoms with E-state index in [4.69, 9.17) is 15.5 Å². The number of halogens is 1. The minimum Gasteiger partial charge on any atom is -0.459 e. The van der Waals surface area contributed by atoms with Crippen molar-refractivity contribution in [1.29, 1.82) is 0 Å². The minimum atomic E-state index is -0.460. The normalized spacial score (nSPS) is 11.3. The third kappa shape index (κ3) is 3.39. The Labute approximate surface area is 169 Å². The standard InChI is InChI=1S/C21H17FN2O2S2/c1-11(2)26-21(25)19-18(23)17-14(12-5-7-13(22)8-6-12)10-15(24-20(17)28-19)16-4-3-9-27-16/h3-11H,23H2,1-2H3. The number of rotatable bonds is 4. The topological polar surface area (TPSA) is 65.2 Å². The van der Waals surface area contributed by atoms with Crippen molar-refractivity contribution in [3.8, 4) is 21.7 Å². The number of ether oxygens (including phenoxy) is 1. The van der Waals surface area contributed by atoms with E-state index in [0.717, 1.165) is 21.7 Å². The maximum absolute atomic E-state index is 13.4. The van der Waals surface area contributed by atoms with E-state index in [2.05, 4.69) is 0 Å². The Morgan fingerprint density at radius 2 is 1.96 bits per heavy atom. The third-order valence-electron chi connectivity index (χ3n) is 4.16. The number of nitrogens with zero attached hydrogens (tertiary/aromatic N) is 1. The van der Waals surface area contributed by atoms with E-state index < -0.39 is 5.97 Å². The van der Waals surface area contributed by atoms with Crippen molar-refractivity contribution in [3.05, 3.63) is 58.5 Å². The van der Waals surface area contributed by atoms with Crippen LogP contribution in [0.3, 0.4) is 0 Å². The Morgan fingerprint density at radius 1 is 1.21 bits per heavy atom. The molecule has 0 atom stereocenters. The van der Waals surface area contributed by atoms with Gasteiger partial charge in [-0.3, -0.25) is 0 Å². The number of hydrogen-bond donors (Lipinski definition) is 1. The molecule has 3 aromatic heterocycles. The Kier molecular flexibility index (Phi) is 4.87. The van der Waals surface area contributed by atoms with E-state index in [1.165, 1.54) is 23.5 Å². The fraction of sp³-hybridized carbons (Fsp3) is 0.143. The van der Waals surface area contributed by atoms with Gasteiger partial charge in [-0.2, -0.15) is 0 Å². The molecule has 142 valence electrons. The molecule has 28 heavy (non-hydrogen) atoms. The van der Waals surface area contributed by atoms with Gasteiger partial charge in [-0.05, 0) is 54.6 Å². The molecular weight excluding hydrogens is 395 g/mol. The first-order valence-electron chi connectivity index (χ1n) is 8.68. The zero-order chi connectivity index (χ0) is 19.8. The molecule has 7 heteroatoms. The Bertz CT molecular complexity index is 1150. The van der Waals surface area contributed by atoms with Crippen molar-refractivity contribution in [2.75, 3.05) is 5.73 Å². The van der Waals surface area contributed by atoms with Crippen LogP contribution in [-0.4, -0.2) is 17.1 Å². The highest BCUT2D eigenvalue weighted by molar-refractivity contribution is 7.21. The molecule has 4 rings (SSSR count). The molecule has 0 saturated heterocycles. The number of thiophene rings is 2. The summed E-state index contributed by atoms with van der Waals surface area (Å²) >= 11 is 2.79. The lowest BCUT2D eigenvalue weighted by Gasteiger charge is -2.08. The highest BCUT2D eigenvalue weighted by Crippen LogP contribution is 2.42. The van der Waals surface area contributed by atoms with Gasteiger partial charge in [-0.15, -0.1) is 22.7 Å². The van der Waals surface area contributed by atoms with Crippen LogP contribution in [0.15, 0.2) is 47.8 Å². The van der Waals surface area contributed by atoms with E-state index in [9.17, 15) is 9.18 Å². The smallest absolute Gasteiger partial charge is 0.350 e. The summed E-state index contributed by atoms with van der Waals surface area (Å²) in [6.07, 6.45) is -0.247. The molecule has 1 aromatic carbocycles. The number of carbonyl (C=O) groups is 1. The molecule has 0 fully saturated rings. The van der Waals surface area contributed by atoms with E-state index >= 15 is 0 Å². The summed E-state index contributed by atoms with van der Waals surface area (Å²) in [6.45, 7) is 3.58. The molecule has 0 aliphatic heterocycles. The number of hydrogen-bond acceptors (Lipinski definition) is 6. The number of nitrogen functional groups attached to an aromatic ring is 1. The molecule has 0 spiro atoms. The van der Waals surface area contributed by atoms with Crippen molar-refractivity contribution in [2.24, 2.45) is 0 Å². The van der Waals surface area contributed by atoms with Crippen LogP contribution >= 0.6 is 22.7 Å². The third-order valence-corrected chi connectivity index (χ3v) is 6.13. The molecule has 0 unspecified atom stereocenters. The van der Waals surface area contributed by atoms with Crippen molar-refractivity contribution in [2.45, 2.75) is 20.0 Å². The van der Waals surface area contributed by atoms with Crippen LogP contribution in [0, 0.1) is 5.82 Å². The highest BCUT2D eigenvalue weighted by Gasteiger charge is 2.23. The lowest BCUT2D eigenvalue weighted by molar-refractivity contribution is 0.0385. The lowest BCUT2D eigenvalue weighted by Crippen LogP contribution is -2.11. The number of anilines is 1. The monoisotopic (exact) mass is 412 g/mol. The van der Waals surface area contributed by atoms with Gasteiger partial charge in [0, 0.05) is 5.39 Å². The molecule has 0 aliphatic rings. The maximum Gasteiger partial charge on any atom is 0.350 e. The number of benzene rings is 1. The summed E-state index contributed by atoms with van der Waals surface area (Å²) in [5, 5.41) is 2.67. The molecule has 0 bridgehead atoms. The summed E-state index contributed by atoms with van der Waals surface area (Å²) in [5.41, 5.74) is 9.09. The summed E-state index contributed by atoms with van der Waals surface area (Å²) < 4.78 is 18.8. The summed E-state index contributed by atoms with van der Waals surface area (Å²) in [6, 6.07) is 12.1. The van der Waals surface area contributed by atoms with Gasteiger partial charge in [-0.25, -0.2) is 14.2 Å². The van der Waals surface area contributed by atoms with Crippen LogP contribution in [-0.2, 0) is 4.74 Å². The molecule has 0 radical (unpaired) electrons. The van der Waals surface area contributed by atoms with Gasteiger partial charge in [0.05, 0.1) is 22.4 Å². The van der Waals surface area contributed by atoms with Gasteiger partial charge in [0.2, 0.25) is 0 Å². The van der Waals surface area contributed by atoms with E-state index in [-0.39, 0.29) is 11.9 Å². The average molecular weight is 413 g/mol. The fourth-order valence-corrected chi connectivity index (χ4v) is 4.64. The highest BCUT2D eigenvalue weighted by atomic mass is 32.1. The number of carbonyl (C=O) groups excluding carboxylic acids is 1. The second-order valence-corrected chi connectivity index (χ2v) is 8.47. The summed E-state index contributed by atoms with van der Waals surface area (Å²) in [4.78, 5) is 19.2. The zero-order valence-corrected chi connectivity index (χ0v) is 16.9. The summed E-state index contributed by atoms with van der Waals surface area (Å²) in [7, 11) is 0. The van der Waals surface area contributed by atoms with E-state index in [0.29, 0.717) is 20.8 Å². The molecule has 4 nitrogen and oxygen atoms in total. The second kappa shape index (κ2) is 7.33. The van der Waals surface area contributed by atoms with Gasteiger partial charge < -0.3 is 10.5 Å². The van der Waals surface area contributed by atoms with Crippen LogP contribution in [0.25, 0.3) is 31.9 Å². The molecule has 0 aliphatic carbocycles. The Morgan fingerprint density at radius 3 is 2.61 bits per heavy atom. The van der Waals surface area contributed by atoms with Crippen LogP contribution in [0.1, 0.15) is 23.5 Å². The predicted octanol–water partition coefficient (Wildman–Crippen LogP) is 5.98. The molecule has 4 aromatic rings. The molecule has 0 saturated carbocycles. The van der Waals surface area contributed by atoms with Gasteiger partial charge in [0.25, 0.3) is 0 Å². The molecule has 3 heterocycles. The minimum absolute atomic E-state index is 0.247. The Balaban J connectivity index is 1.97. The van der Waals surface area contributed by atoms with Crippen molar-refractivity contribution in [3.63, 3.8) is 0 Å². The van der Waals surface area contributed by atoms with Crippen LogP contribution in [0.5, 0.6) is 0 Å². The van der Waals surface area contributed by atoms with Crippen LogP contribution in [0.4, 0.5) is 10.1 Å². The SMILES string of the molecule is CC(C)OC(=O)c1sc2nc(-c3cccs3)cc(-c3ccc(F)cc3)c2c1N. The number of pyridine rings is 1. The van der Waals surface area contributed by atoms with Crippen molar-refractivity contribution >= 4 is 44.5 Å². The predicted molar refractivity (Wildman–Crippen MR) is 113 cm³/mol. The first-order valence-corrected chi connectivity index (χ1v) is 10.4. The second-order valence-electron chi connectivity index (χ2n) is 6.52. The molecule has 2 N–H and O–H groups in total. The maximum atomic E-state index is 13.4. The van der Waals surface area contributed by atoms with Crippen molar-refractivity contribution < 1.29 is 13.9 Å². The van der Waals surface area contributed by atoms with Gasteiger partial charge in [-0.1, -0.05) is 18.2 Å². The van der Waals surface area contributed by atoms with E-state index in [1.54, 1.807) is 37.3 Å². The van der Waals surface area contributed by atoms with Crippen molar-refractivity contribution in [1.82, 2.24) is 4.98 Å². The number of fused-ring (bicyclic) bond motifs is 1. The van der Waals surface area contributed by atoms with E-state index in [1.807, 2.05) is 23.6 Å². The zero-order valence-electron chi connectivity index (χ0n) is 15.2. The molecular formula is C21H17FN2O2S2. The quantitative estimate of drug-likeness (QED) is 0.419. The average Bonchev–Trinajstić information content (AvgIpc) is 3.30. The Hall–Kier alpha value is -2.77. The number of esters is 1. The number of nitrogens with two attached hydrogens (primary N) is 1. The summed E-state index contributed by atoms with van der Waals surface area (Å²) in [5.74, 6) is -0.773. The van der Waals surface area contributed by atoms with Gasteiger partial charge in [0.1, 0.15) is 15.5 Å². The first kappa shape index (κ1) is 18.6. The largest absolute Gasteiger partial charge is 0.459 e. The molecule has 0 amide bonds. The number of aromatic nitrogens is 1. The van der Waals surface area contributed by atoms with Gasteiger partial charge >= 0.3 is 5.97 Å². The first-order chi connectivity index (χ1) is 13.4. The van der Waals surface area contributed by atoms with Crippen LogP contribution < -0.4 is 5.73 Å². The lowest BCUT2D eigenvalue weighted by atomic mass is 10.0. The van der Waals surface area contributed by atoms with Crippen LogP contribution in [0.2, 0.25) is 0 Å².